The fraction of sp³-hybridized carbons (Fsp3) is 0.364. The molecule has 2 amide bonds. The summed E-state index contributed by atoms with van der Waals surface area (Å²) in [6.45, 7) is 3.62. The number of aromatic nitrogens is 3. The van der Waals surface area contributed by atoms with Gasteiger partial charge in [0.1, 0.15) is 19.2 Å². The summed E-state index contributed by atoms with van der Waals surface area (Å²) in [5.74, 6) is -0.0249. The number of nitrogens with one attached hydrogen (secondary N) is 1. The van der Waals surface area contributed by atoms with Crippen LogP contribution >= 0.6 is 11.3 Å². The highest BCUT2D eigenvalue weighted by Gasteiger charge is 2.45. The molecular weight excluding hydrogens is 398 g/mol. The third-order valence-electron chi connectivity index (χ3n) is 5.59. The SMILES string of the molecule is CCNC(=O)[C@@]1(Cc2ccc(-c3cccs3)cc2)CCN(C(=O)Cn2cncn2)C1. The van der Waals surface area contributed by atoms with E-state index in [1.165, 1.54) is 27.8 Å². The molecule has 30 heavy (non-hydrogen) atoms. The summed E-state index contributed by atoms with van der Waals surface area (Å²) in [5.41, 5.74) is 1.67. The molecule has 8 heteroatoms. The van der Waals surface area contributed by atoms with Crippen LogP contribution in [0, 0.1) is 5.41 Å². The van der Waals surface area contributed by atoms with Gasteiger partial charge in [-0.1, -0.05) is 30.3 Å². The number of benzene rings is 1. The summed E-state index contributed by atoms with van der Waals surface area (Å²) in [4.78, 5) is 32.6. The third-order valence-corrected chi connectivity index (χ3v) is 6.51. The molecule has 7 nitrogen and oxygen atoms in total. The molecule has 1 saturated heterocycles. The Balaban J connectivity index is 1.50. The molecule has 1 aromatic carbocycles. The van der Waals surface area contributed by atoms with Crippen LogP contribution in [0.15, 0.2) is 54.4 Å². The third kappa shape index (κ3) is 4.28. The molecule has 3 aromatic rings. The monoisotopic (exact) mass is 423 g/mol. The smallest absolute Gasteiger partial charge is 0.244 e. The molecule has 0 bridgehead atoms. The highest BCUT2D eigenvalue weighted by atomic mass is 32.1. The molecule has 1 aliphatic rings. The molecule has 1 atom stereocenters. The summed E-state index contributed by atoms with van der Waals surface area (Å²) < 4.78 is 1.51. The minimum atomic E-state index is -0.613. The van der Waals surface area contributed by atoms with Crippen molar-refractivity contribution < 1.29 is 9.59 Å². The lowest BCUT2D eigenvalue weighted by Gasteiger charge is -2.28. The maximum atomic E-state index is 13.0. The van der Waals surface area contributed by atoms with Gasteiger partial charge in [0.25, 0.3) is 0 Å². The number of likely N-dealkylation sites (tertiary alicyclic amines) is 1. The van der Waals surface area contributed by atoms with Gasteiger partial charge in [-0.05, 0) is 42.3 Å². The van der Waals surface area contributed by atoms with Crippen molar-refractivity contribution in [2.24, 2.45) is 5.41 Å². The molecule has 0 spiro atoms. The van der Waals surface area contributed by atoms with E-state index in [1.807, 2.05) is 13.0 Å². The first-order valence-electron chi connectivity index (χ1n) is 10.1. The molecule has 3 heterocycles. The maximum absolute atomic E-state index is 13.0. The van der Waals surface area contributed by atoms with Gasteiger partial charge in [0.2, 0.25) is 11.8 Å². The first-order chi connectivity index (χ1) is 14.6. The zero-order valence-electron chi connectivity index (χ0n) is 17.0. The summed E-state index contributed by atoms with van der Waals surface area (Å²) in [5, 5.41) is 9.06. The summed E-state index contributed by atoms with van der Waals surface area (Å²) in [6, 6.07) is 12.5. The van der Waals surface area contributed by atoms with E-state index in [9.17, 15) is 9.59 Å². The summed E-state index contributed by atoms with van der Waals surface area (Å²) in [7, 11) is 0. The van der Waals surface area contributed by atoms with Gasteiger partial charge in [0.15, 0.2) is 0 Å². The molecule has 0 radical (unpaired) electrons. The van der Waals surface area contributed by atoms with E-state index in [2.05, 4.69) is 51.1 Å². The zero-order valence-corrected chi connectivity index (χ0v) is 17.8. The van der Waals surface area contributed by atoms with Crippen LogP contribution in [0.2, 0.25) is 0 Å². The van der Waals surface area contributed by atoms with E-state index in [1.54, 1.807) is 16.2 Å². The van der Waals surface area contributed by atoms with Crippen LogP contribution < -0.4 is 5.32 Å². The Bertz CT molecular complexity index is 985. The van der Waals surface area contributed by atoms with Crippen molar-refractivity contribution in [1.29, 1.82) is 0 Å². The van der Waals surface area contributed by atoms with Gasteiger partial charge in [-0.25, -0.2) is 9.67 Å². The number of amides is 2. The minimum Gasteiger partial charge on any atom is -0.356 e. The molecule has 0 aliphatic carbocycles. The first kappa shape index (κ1) is 20.3. The predicted molar refractivity (Wildman–Crippen MR) is 116 cm³/mol. The normalized spacial score (nSPS) is 18.5. The van der Waals surface area contributed by atoms with Crippen molar-refractivity contribution in [3.63, 3.8) is 0 Å². The largest absolute Gasteiger partial charge is 0.356 e. The fourth-order valence-corrected chi connectivity index (χ4v) is 4.75. The van der Waals surface area contributed by atoms with Gasteiger partial charge in [0, 0.05) is 24.5 Å². The fourth-order valence-electron chi connectivity index (χ4n) is 4.02. The molecular formula is C22H25N5O2S. The molecule has 1 aliphatic heterocycles. The van der Waals surface area contributed by atoms with Crippen molar-refractivity contribution in [3.8, 4) is 10.4 Å². The first-order valence-corrected chi connectivity index (χ1v) is 11.0. The van der Waals surface area contributed by atoms with Crippen molar-refractivity contribution in [2.45, 2.75) is 26.3 Å². The maximum Gasteiger partial charge on any atom is 0.244 e. The second kappa shape index (κ2) is 8.79. The molecule has 1 N–H and O–H groups in total. The van der Waals surface area contributed by atoms with Crippen molar-refractivity contribution in [3.05, 3.63) is 60.0 Å². The standard InChI is InChI=1S/C22H25N5O2S/c1-2-24-21(29)22(9-10-26(14-22)20(28)13-27-16-23-15-25-27)12-17-5-7-18(8-6-17)19-4-3-11-30-19/h3-8,11,15-16H,2,9-10,12-14H2,1H3,(H,24,29)/t22-/m1/s1. The average Bonchev–Trinajstić information content (AvgIpc) is 3.51. The summed E-state index contributed by atoms with van der Waals surface area (Å²) >= 11 is 1.71. The van der Waals surface area contributed by atoms with Gasteiger partial charge < -0.3 is 10.2 Å². The van der Waals surface area contributed by atoms with Crippen LogP contribution in [-0.4, -0.2) is 51.1 Å². The Hall–Kier alpha value is -3.00. The number of hydrogen-bond acceptors (Lipinski definition) is 5. The Morgan fingerprint density at radius 1 is 1.23 bits per heavy atom. The van der Waals surface area contributed by atoms with Crippen LogP contribution in [0.1, 0.15) is 18.9 Å². The Morgan fingerprint density at radius 3 is 2.73 bits per heavy atom. The van der Waals surface area contributed by atoms with Gasteiger partial charge in [0.05, 0.1) is 5.41 Å². The number of rotatable bonds is 7. The topological polar surface area (TPSA) is 80.1 Å². The van der Waals surface area contributed by atoms with Crippen LogP contribution in [0.25, 0.3) is 10.4 Å². The second-order valence-corrected chi connectivity index (χ2v) is 8.60. The minimum absolute atomic E-state index is 0.0170. The lowest BCUT2D eigenvalue weighted by Crippen LogP contribution is -2.45. The predicted octanol–water partition coefficient (Wildman–Crippen LogP) is 2.60. The van der Waals surface area contributed by atoms with E-state index < -0.39 is 5.41 Å². The van der Waals surface area contributed by atoms with Gasteiger partial charge >= 0.3 is 0 Å². The number of carbonyl (C=O) groups excluding carboxylic acids is 2. The Labute approximate surface area is 179 Å². The van der Waals surface area contributed by atoms with E-state index in [-0.39, 0.29) is 18.4 Å². The second-order valence-electron chi connectivity index (χ2n) is 7.65. The van der Waals surface area contributed by atoms with Crippen molar-refractivity contribution >= 4 is 23.2 Å². The number of carbonyl (C=O) groups is 2. The summed E-state index contributed by atoms with van der Waals surface area (Å²) in [6.07, 6.45) is 4.20. The van der Waals surface area contributed by atoms with E-state index >= 15 is 0 Å². The molecule has 2 aromatic heterocycles. The van der Waals surface area contributed by atoms with E-state index in [0.717, 1.165) is 5.56 Å². The van der Waals surface area contributed by atoms with Crippen LogP contribution in [0.3, 0.4) is 0 Å². The van der Waals surface area contributed by atoms with Gasteiger partial charge in [-0.3, -0.25) is 9.59 Å². The molecule has 1 fully saturated rings. The highest BCUT2D eigenvalue weighted by Crippen LogP contribution is 2.35. The number of thiophene rings is 1. The van der Waals surface area contributed by atoms with Crippen LogP contribution in [-0.2, 0) is 22.6 Å². The Kier molecular flexibility index (Phi) is 5.94. The zero-order chi connectivity index (χ0) is 21.0. The number of nitrogens with zero attached hydrogens (tertiary/aromatic N) is 4. The molecule has 0 unspecified atom stereocenters. The Morgan fingerprint density at radius 2 is 2.07 bits per heavy atom. The molecule has 4 rings (SSSR count). The van der Waals surface area contributed by atoms with Crippen LogP contribution in [0.5, 0.6) is 0 Å². The molecule has 0 saturated carbocycles. The average molecular weight is 424 g/mol. The van der Waals surface area contributed by atoms with Gasteiger partial charge in [-0.15, -0.1) is 11.3 Å². The lowest BCUT2D eigenvalue weighted by atomic mass is 9.79. The lowest BCUT2D eigenvalue weighted by molar-refractivity contribution is -0.133. The van der Waals surface area contributed by atoms with E-state index in [4.69, 9.17) is 0 Å². The highest BCUT2D eigenvalue weighted by molar-refractivity contribution is 7.13. The quantitative estimate of drug-likeness (QED) is 0.634. The molecule has 156 valence electrons. The van der Waals surface area contributed by atoms with Crippen LogP contribution in [0.4, 0.5) is 0 Å². The van der Waals surface area contributed by atoms with Gasteiger partial charge in [-0.2, -0.15) is 5.10 Å². The number of hydrogen-bond donors (Lipinski definition) is 1. The van der Waals surface area contributed by atoms with Crippen molar-refractivity contribution in [1.82, 2.24) is 25.0 Å². The van der Waals surface area contributed by atoms with E-state index in [0.29, 0.717) is 32.5 Å². The van der Waals surface area contributed by atoms with Crippen molar-refractivity contribution in [2.75, 3.05) is 19.6 Å².